The molecule has 2 N–H and O–H groups in total. The van der Waals surface area contributed by atoms with E-state index in [1.54, 1.807) is 19.3 Å². The van der Waals surface area contributed by atoms with E-state index in [0.29, 0.717) is 5.03 Å². The molecule has 0 spiro atoms. The standard InChI is InChI=1S/C18H20ClNO3/c1-23-14-7-8-15-12(10-14)4-2-6-16(15)20-17(21)18(22)9-3-5-13(19)11-18/h3,5,7-10,16,22H,2,4,6,11H2,1H3,(H,20,21)/t16?,18-/m0/s1. The van der Waals surface area contributed by atoms with Crippen LogP contribution < -0.4 is 10.1 Å². The van der Waals surface area contributed by atoms with Crippen LogP contribution in [0.5, 0.6) is 5.75 Å². The van der Waals surface area contributed by atoms with Crippen LogP contribution in [0, 0.1) is 0 Å². The van der Waals surface area contributed by atoms with Crippen LogP contribution in [-0.2, 0) is 11.2 Å². The Morgan fingerprint density at radius 1 is 1.48 bits per heavy atom. The molecule has 0 radical (unpaired) electrons. The molecule has 0 aromatic heterocycles. The van der Waals surface area contributed by atoms with Crippen molar-refractivity contribution in [2.24, 2.45) is 0 Å². The van der Waals surface area contributed by atoms with Crippen molar-refractivity contribution in [3.8, 4) is 5.75 Å². The summed E-state index contributed by atoms with van der Waals surface area (Å²) in [6.07, 6.45) is 7.72. The highest BCUT2D eigenvalue weighted by atomic mass is 35.5. The van der Waals surface area contributed by atoms with Gasteiger partial charge in [-0.1, -0.05) is 23.7 Å². The fourth-order valence-electron chi connectivity index (χ4n) is 3.19. The molecule has 0 saturated carbocycles. The molecular weight excluding hydrogens is 314 g/mol. The molecule has 2 atom stereocenters. The highest BCUT2D eigenvalue weighted by Crippen LogP contribution is 2.33. The first kappa shape index (κ1) is 16.1. The van der Waals surface area contributed by atoms with Gasteiger partial charge in [-0.25, -0.2) is 0 Å². The van der Waals surface area contributed by atoms with Crippen molar-refractivity contribution in [2.45, 2.75) is 37.3 Å². The van der Waals surface area contributed by atoms with Crippen molar-refractivity contribution >= 4 is 17.5 Å². The molecule has 2 aliphatic carbocycles. The lowest BCUT2D eigenvalue weighted by atomic mass is 9.86. The third-order valence-electron chi connectivity index (χ3n) is 4.45. The first-order chi connectivity index (χ1) is 11.0. The first-order valence-electron chi connectivity index (χ1n) is 7.76. The summed E-state index contributed by atoms with van der Waals surface area (Å²) in [5, 5.41) is 14.0. The minimum absolute atomic E-state index is 0.0979. The first-order valence-corrected chi connectivity index (χ1v) is 8.14. The molecule has 122 valence electrons. The van der Waals surface area contributed by atoms with Gasteiger partial charge in [0.25, 0.3) is 5.91 Å². The van der Waals surface area contributed by atoms with Gasteiger partial charge in [0.2, 0.25) is 0 Å². The van der Waals surface area contributed by atoms with Crippen LogP contribution in [0.2, 0.25) is 0 Å². The van der Waals surface area contributed by atoms with Crippen LogP contribution in [-0.4, -0.2) is 23.7 Å². The number of fused-ring (bicyclic) bond motifs is 1. The van der Waals surface area contributed by atoms with E-state index in [1.807, 2.05) is 18.2 Å². The number of halogens is 1. The predicted octanol–water partition coefficient (Wildman–Crippen LogP) is 3.00. The number of aryl methyl sites for hydroxylation is 1. The van der Waals surface area contributed by atoms with Crippen LogP contribution in [0.15, 0.2) is 41.5 Å². The van der Waals surface area contributed by atoms with E-state index >= 15 is 0 Å². The number of benzene rings is 1. The normalized spacial score (nSPS) is 26.2. The van der Waals surface area contributed by atoms with Gasteiger partial charge in [0.15, 0.2) is 5.60 Å². The van der Waals surface area contributed by atoms with Crippen LogP contribution in [0.1, 0.15) is 36.4 Å². The average Bonchev–Trinajstić information content (AvgIpc) is 2.54. The number of aliphatic hydroxyl groups is 1. The maximum atomic E-state index is 12.5. The zero-order valence-corrected chi connectivity index (χ0v) is 13.8. The second-order valence-electron chi connectivity index (χ2n) is 6.06. The fourth-order valence-corrected chi connectivity index (χ4v) is 3.47. The third-order valence-corrected chi connectivity index (χ3v) is 4.71. The molecule has 0 saturated heterocycles. The summed E-state index contributed by atoms with van der Waals surface area (Å²) in [6.45, 7) is 0. The van der Waals surface area contributed by atoms with Crippen LogP contribution in [0.3, 0.4) is 0 Å². The summed E-state index contributed by atoms with van der Waals surface area (Å²) >= 11 is 5.96. The van der Waals surface area contributed by atoms with Gasteiger partial charge in [-0.2, -0.15) is 0 Å². The fraction of sp³-hybridized carbons (Fsp3) is 0.389. The van der Waals surface area contributed by atoms with E-state index < -0.39 is 11.5 Å². The van der Waals surface area contributed by atoms with E-state index in [0.717, 1.165) is 30.6 Å². The zero-order valence-electron chi connectivity index (χ0n) is 13.0. The van der Waals surface area contributed by atoms with Gasteiger partial charge in [-0.05, 0) is 54.7 Å². The summed E-state index contributed by atoms with van der Waals surface area (Å²) in [6, 6.07) is 5.81. The smallest absolute Gasteiger partial charge is 0.256 e. The average molecular weight is 334 g/mol. The molecule has 2 aliphatic rings. The lowest BCUT2D eigenvalue weighted by Gasteiger charge is -2.31. The van der Waals surface area contributed by atoms with Gasteiger partial charge < -0.3 is 15.2 Å². The maximum Gasteiger partial charge on any atom is 0.256 e. The van der Waals surface area contributed by atoms with Crippen molar-refractivity contribution in [2.75, 3.05) is 7.11 Å². The van der Waals surface area contributed by atoms with E-state index in [1.165, 1.54) is 11.6 Å². The largest absolute Gasteiger partial charge is 0.497 e. The van der Waals surface area contributed by atoms with Crippen LogP contribution in [0.4, 0.5) is 0 Å². The lowest BCUT2D eigenvalue weighted by Crippen LogP contribution is -2.47. The Kier molecular flexibility index (Phi) is 4.46. The molecule has 5 heteroatoms. The SMILES string of the molecule is COc1ccc2c(c1)CCCC2NC(=O)[C@]1(O)C=CC=C(Cl)C1. The van der Waals surface area contributed by atoms with Crippen molar-refractivity contribution < 1.29 is 14.6 Å². The predicted molar refractivity (Wildman–Crippen MR) is 89.5 cm³/mol. The van der Waals surface area contributed by atoms with Gasteiger partial charge in [0, 0.05) is 11.5 Å². The zero-order chi connectivity index (χ0) is 16.4. The molecule has 1 amide bonds. The van der Waals surface area contributed by atoms with Crippen molar-refractivity contribution in [3.63, 3.8) is 0 Å². The molecule has 4 nitrogen and oxygen atoms in total. The summed E-state index contributed by atoms with van der Waals surface area (Å²) in [7, 11) is 1.64. The van der Waals surface area contributed by atoms with Gasteiger partial charge in [-0.15, -0.1) is 0 Å². The van der Waals surface area contributed by atoms with E-state index in [4.69, 9.17) is 16.3 Å². The summed E-state index contributed by atoms with van der Waals surface area (Å²) in [5.41, 5.74) is 0.705. The van der Waals surface area contributed by atoms with Crippen LogP contribution >= 0.6 is 11.6 Å². The number of carbonyl (C=O) groups excluding carboxylic acids is 1. The van der Waals surface area contributed by atoms with Gasteiger partial charge in [0.1, 0.15) is 5.75 Å². The topological polar surface area (TPSA) is 58.6 Å². The number of carbonyl (C=O) groups is 1. The highest BCUT2D eigenvalue weighted by Gasteiger charge is 2.37. The molecule has 0 fully saturated rings. The third kappa shape index (κ3) is 3.28. The monoisotopic (exact) mass is 333 g/mol. The van der Waals surface area contributed by atoms with E-state index in [9.17, 15) is 9.90 Å². The molecule has 3 rings (SSSR count). The van der Waals surface area contributed by atoms with Crippen LogP contribution in [0.25, 0.3) is 0 Å². The van der Waals surface area contributed by atoms with Gasteiger partial charge >= 0.3 is 0 Å². The molecule has 0 heterocycles. The number of ether oxygens (including phenoxy) is 1. The summed E-state index contributed by atoms with van der Waals surface area (Å²) in [4.78, 5) is 12.5. The number of methoxy groups -OCH3 is 1. The Bertz CT molecular complexity index is 683. The number of nitrogens with one attached hydrogen (secondary N) is 1. The Morgan fingerprint density at radius 2 is 2.30 bits per heavy atom. The lowest BCUT2D eigenvalue weighted by molar-refractivity contribution is -0.136. The minimum atomic E-state index is -1.57. The van der Waals surface area contributed by atoms with Gasteiger partial charge in [-0.3, -0.25) is 4.79 Å². The second kappa shape index (κ2) is 6.38. The molecule has 0 aliphatic heterocycles. The second-order valence-corrected chi connectivity index (χ2v) is 6.54. The minimum Gasteiger partial charge on any atom is -0.497 e. The number of allylic oxidation sites excluding steroid dienone is 2. The summed E-state index contributed by atoms with van der Waals surface area (Å²) in [5.74, 6) is 0.412. The molecular formula is C18H20ClNO3. The summed E-state index contributed by atoms with van der Waals surface area (Å²) < 4.78 is 5.26. The Balaban J connectivity index is 1.78. The quantitative estimate of drug-likeness (QED) is 0.894. The van der Waals surface area contributed by atoms with Crippen molar-refractivity contribution in [1.82, 2.24) is 5.32 Å². The Hall–Kier alpha value is -1.78. The molecule has 1 unspecified atom stereocenters. The Morgan fingerprint density at radius 3 is 3.04 bits per heavy atom. The molecule has 23 heavy (non-hydrogen) atoms. The molecule has 1 aromatic rings. The maximum absolute atomic E-state index is 12.5. The molecule has 0 bridgehead atoms. The van der Waals surface area contributed by atoms with Crippen molar-refractivity contribution in [1.29, 1.82) is 0 Å². The molecule has 1 aromatic carbocycles. The number of rotatable bonds is 3. The van der Waals surface area contributed by atoms with E-state index in [-0.39, 0.29) is 12.5 Å². The van der Waals surface area contributed by atoms with E-state index in [2.05, 4.69) is 5.32 Å². The number of hydrogen-bond acceptors (Lipinski definition) is 3. The highest BCUT2D eigenvalue weighted by molar-refractivity contribution is 6.30. The van der Waals surface area contributed by atoms with Crippen molar-refractivity contribution in [3.05, 3.63) is 52.6 Å². The number of amides is 1. The van der Waals surface area contributed by atoms with Gasteiger partial charge in [0.05, 0.1) is 13.2 Å². The number of hydrogen-bond donors (Lipinski definition) is 2. The Labute approximate surface area is 140 Å².